The van der Waals surface area contributed by atoms with Crippen LogP contribution in [0.2, 0.25) is 0 Å². The fourth-order valence-corrected chi connectivity index (χ4v) is 5.16. The standard InChI is InChI=1S/C18H22N6OS/c1-11-9-26-16-15(11)19-10-20-18(16)23-7-12(2)24-14(8-23)21-22-17(24)13-3-5-25-6-4-13/h9-10,12-13H,3-8H2,1-2H3/t12-/m0/s1. The Bertz CT molecular complexity index is 944. The predicted octanol–water partition coefficient (Wildman–Crippen LogP) is 3.07. The molecule has 1 saturated heterocycles. The van der Waals surface area contributed by atoms with Gasteiger partial charge in [-0.1, -0.05) is 0 Å². The number of aryl methyl sites for hydroxylation is 1. The van der Waals surface area contributed by atoms with Crippen LogP contribution in [0.1, 0.15) is 48.9 Å². The van der Waals surface area contributed by atoms with Crippen LogP contribution in [-0.4, -0.2) is 44.5 Å². The lowest BCUT2D eigenvalue weighted by atomic mass is 9.99. The number of ether oxygens (including phenoxy) is 1. The number of aromatic nitrogens is 5. The molecular formula is C18H22N6OS. The van der Waals surface area contributed by atoms with Crippen molar-refractivity contribution in [3.8, 4) is 0 Å². The molecule has 5 heterocycles. The average molecular weight is 370 g/mol. The molecule has 7 nitrogen and oxygen atoms in total. The van der Waals surface area contributed by atoms with Gasteiger partial charge in [-0.3, -0.25) is 0 Å². The molecule has 0 saturated carbocycles. The van der Waals surface area contributed by atoms with Crippen molar-refractivity contribution in [1.29, 1.82) is 0 Å². The van der Waals surface area contributed by atoms with Crippen molar-refractivity contribution < 1.29 is 4.74 Å². The third-order valence-electron chi connectivity index (χ3n) is 5.45. The molecule has 0 aliphatic carbocycles. The maximum atomic E-state index is 5.51. The van der Waals surface area contributed by atoms with Gasteiger partial charge in [-0.15, -0.1) is 21.5 Å². The van der Waals surface area contributed by atoms with E-state index in [1.54, 1.807) is 17.7 Å². The minimum Gasteiger partial charge on any atom is -0.381 e. The minimum absolute atomic E-state index is 0.317. The molecule has 8 heteroatoms. The molecule has 0 bridgehead atoms. The summed E-state index contributed by atoms with van der Waals surface area (Å²) in [5, 5.41) is 11.3. The van der Waals surface area contributed by atoms with E-state index >= 15 is 0 Å². The number of thiophene rings is 1. The Morgan fingerprint density at radius 3 is 2.88 bits per heavy atom. The zero-order chi connectivity index (χ0) is 17.7. The highest BCUT2D eigenvalue weighted by atomic mass is 32.1. The highest BCUT2D eigenvalue weighted by Crippen LogP contribution is 2.35. The summed E-state index contributed by atoms with van der Waals surface area (Å²) in [7, 11) is 0. The smallest absolute Gasteiger partial charge is 0.152 e. The molecule has 2 aliphatic rings. The minimum atomic E-state index is 0.317. The second kappa shape index (κ2) is 6.28. The molecule has 0 N–H and O–H groups in total. The lowest BCUT2D eigenvalue weighted by molar-refractivity contribution is 0.0823. The van der Waals surface area contributed by atoms with Crippen molar-refractivity contribution in [2.24, 2.45) is 0 Å². The van der Waals surface area contributed by atoms with Crippen molar-refractivity contribution in [3.63, 3.8) is 0 Å². The van der Waals surface area contributed by atoms with Crippen molar-refractivity contribution in [2.75, 3.05) is 24.7 Å². The zero-order valence-corrected chi connectivity index (χ0v) is 15.9. The number of hydrogen-bond acceptors (Lipinski definition) is 7. The van der Waals surface area contributed by atoms with E-state index in [0.29, 0.717) is 12.0 Å². The lowest BCUT2D eigenvalue weighted by Crippen LogP contribution is -2.38. The van der Waals surface area contributed by atoms with Crippen LogP contribution in [0, 0.1) is 6.92 Å². The second-order valence-corrected chi connectivity index (χ2v) is 8.13. The molecule has 3 aromatic rings. The third-order valence-corrected chi connectivity index (χ3v) is 6.53. The van der Waals surface area contributed by atoms with Crippen LogP contribution in [0.5, 0.6) is 0 Å². The first-order chi connectivity index (χ1) is 12.7. The number of anilines is 1. The van der Waals surface area contributed by atoms with Crippen molar-refractivity contribution >= 4 is 27.4 Å². The van der Waals surface area contributed by atoms with Crippen LogP contribution in [-0.2, 0) is 11.3 Å². The molecule has 5 rings (SSSR count). The van der Waals surface area contributed by atoms with Gasteiger partial charge in [0.05, 0.1) is 22.8 Å². The molecule has 26 heavy (non-hydrogen) atoms. The van der Waals surface area contributed by atoms with Crippen LogP contribution in [0.4, 0.5) is 5.82 Å². The second-order valence-electron chi connectivity index (χ2n) is 7.25. The molecule has 1 atom stereocenters. The first kappa shape index (κ1) is 16.1. The van der Waals surface area contributed by atoms with Gasteiger partial charge in [-0.25, -0.2) is 9.97 Å². The van der Waals surface area contributed by atoms with E-state index in [9.17, 15) is 0 Å². The molecule has 0 spiro atoms. The van der Waals surface area contributed by atoms with Gasteiger partial charge in [0.15, 0.2) is 11.6 Å². The molecule has 0 amide bonds. The number of nitrogens with zero attached hydrogens (tertiary/aromatic N) is 6. The molecular weight excluding hydrogens is 348 g/mol. The van der Waals surface area contributed by atoms with Crippen molar-refractivity contribution in [1.82, 2.24) is 24.7 Å². The van der Waals surface area contributed by atoms with Gasteiger partial charge in [-0.05, 0) is 37.6 Å². The van der Waals surface area contributed by atoms with Crippen LogP contribution in [0.3, 0.4) is 0 Å². The van der Waals surface area contributed by atoms with E-state index in [4.69, 9.17) is 4.74 Å². The molecule has 136 valence electrons. The van der Waals surface area contributed by atoms with E-state index in [-0.39, 0.29) is 0 Å². The van der Waals surface area contributed by atoms with E-state index < -0.39 is 0 Å². The van der Waals surface area contributed by atoms with Crippen LogP contribution in [0.25, 0.3) is 10.2 Å². The molecule has 0 aromatic carbocycles. The predicted molar refractivity (Wildman–Crippen MR) is 101 cm³/mol. The quantitative estimate of drug-likeness (QED) is 0.690. The first-order valence-corrected chi connectivity index (χ1v) is 10.1. The lowest BCUT2D eigenvalue weighted by Gasteiger charge is -2.34. The van der Waals surface area contributed by atoms with Crippen molar-refractivity contribution in [3.05, 3.63) is 28.9 Å². The van der Waals surface area contributed by atoms with E-state index in [1.165, 1.54) is 5.56 Å². The molecule has 2 aliphatic heterocycles. The Kier molecular flexibility index (Phi) is 3.90. The Morgan fingerprint density at radius 2 is 2.04 bits per heavy atom. The molecule has 0 radical (unpaired) electrons. The maximum Gasteiger partial charge on any atom is 0.152 e. The van der Waals surface area contributed by atoms with Gasteiger partial charge in [0.25, 0.3) is 0 Å². The number of hydrogen-bond donors (Lipinski definition) is 0. The summed E-state index contributed by atoms with van der Waals surface area (Å²) in [5.74, 6) is 3.65. The average Bonchev–Trinajstić information content (AvgIpc) is 3.27. The summed E-state index contributed by atoms with van der Waals surface area (Å²) in [6, 6.07) is 0.317. The van der Waals surface area contributed by atoms with Gasteiger partial charge in [0.1, 0.15) is 12.2 Å². The summed E-state index contributed by atoms with van der Waals surface area (Å²) in [6.45, 7) is 7.65. The fraction of sp³-hybridized carbons (Fsp3) is 0.556. The van der Waals surface area contributed by atoms with Crippen LogP contribution >= 0.6 is 11.3 Å². The monoisotopic (exact) mass is 370 g/mol. The highest BCUT2D eigenvalue weighted by molar-refractivity contribution is 7.18. The van der Waals surface area contributed by atoms with E-state index in [0.717, 1.165) is 66.8 Å². The SMILES string of the molecule is Cc1csc2c(N3Cc4nnc(C5CCOCC5)n4[C@@H](C)C3)ncnc12. The van der Waals surface area contributed by atoms with Gasteiger partial charge >= 0.3 is 0 Å². The van der Waals surface area contributed by atoms with Gasteiger partial charge in [0, 0.05) is 25.7 Å². The number of rotatable bonds is 2. The Hall–Kier alpha value is -2.06. The summed E-state index contributed by atoms with van der Waals surface area (Å²) in [6.07, 6.45) is 3.75. The Balaban J connectivity index is 1.50. The Labute approximate surface area is 156 Å². The highest BCUT2D eigenvalue weighted by Gasteiger charge is 2.31. The van der Waals surface area contributed by atoms with Gasteiger partial charge < -0.3 is 14.2 Å². The topological polar surface area (TPSA) is 69.0 Å². The van der Waals surface area contributed by atoms with Crippen LogP contribution in [0.15, 0.2) is 11.7 Å². The van der Waals surface area contributed by atoms with Crippen LogP contribution < -0.4 is 4.90 Å². The van der Waals surface area contributed by atoms with E-state index in [2.05, 4.69) is 48.9 Å². The normalized spacial score (nSPS) is 21.3. The number of fused-ring (bicyclic) bond motifs is 2. The molecule has 3 aromatic heterocycles. The summed E-state index contributed by atoms with van der Waals surface area (Å²) in [4.78, 5) is 11.4. The van der Waals surface area contributed by atoms with Crippen molar-refractivity contribution in [2.45, 2.75) is 45.2 Å². The zero-order valence-electron chi connectivity index (χ0n) is 15.1. The first-order valence-electron chi connectivity index (χ1n) is 9.17. The van der Waals surface area contributed by atoms with E-state index in [1.807, 2.05) is 0 Å². The molecule has 1 fully saturated rings. The summed E-state index contributed by atoms with van der Waals surface area (Å²) in [5.41, 5.74) is 2.27. The fourth-order valence-electron chi connectivity index (χ4n) is 4.14. The maximum absolute atomic E-state index is 5.51. The van der Waals surface area contributed by atoms with Gasteiger partial charge in [-0.2, -0.15) is 0 Å². The summed E-state index contributed by atoms with van der Waals surface area (Å²) >= 11 is 1.72. The molecule has 0 unspecified atom stereocenters. The largest absolute Gasteiger partial charge is 0.381 e. The Morgan fingerprint density at radius 1 is 1.19 bits per heavy atom. The summed E-state index contributed by atoms with van der Waals surface area (Å²) < 4.78 is 9.02. The third kappa shape index (κ3) is 2.51. The van der Waals surface area contributed by atoms with Gasteiger partial charge in [0.2, 0.25) is 0 Å².